The summed E-state index contributed by atoms with van der Waals surface area (Å²) in [4.78, 5) is 0.417. The zero-order chi connectivity index (χ0) is 13.2. The fourth-order valence-corrected chi connectivity index (χ4v) is 2.29. The van der Waals surface area contributed by atoms with Crippen LogP contribution in [0.3, 0.4) is 0 Å². The molecule has 1 aromatic rings. The highest BCUT2D eigenvalue weighted by molar-refractivity contribution is 7.75. The molecule has 1 fully saturated rings. The van der Waals surface area contributed by atoms with Gasteiger partial charge in [-0.15, -0.1) is 13.2 Å². The Hall–Kier alpha value is -1.24. The number of hydrogen-bond donors (Lipinski definition) is 1. The van der Waals surface area contributed by atoms with Crippen molar-refractivity contribution >= 4 is 10.6 Å². The lowest BCUT2D eigenvalue weighted by atomic mass is 10.3. The third kappa shape index (κ3) is 4.21. The van der Waals surface area contributed by atoms with Crippen LogP contribution in [0.5, 0.6) is 5.75 Å². The highest BCUT2D eigenvalue weighted by Gasteiger charge is 2.30. The van der Waals surface area contributed by atoms with Gasteiger partial charge >= 0.3 is 6.36 Å². The summed E-state index contributed by atoms with van der Waals surface area (Å²) in [5.74, 6) is 0.216. The molecule has 1 aromatic carbocycles. The predicted molar refractivity (Wildman–Crippen MR) is 60.9 cm³/mol. The fraction of sp³-hybridized carbons (Fsp3) is 0.455. The van der Waals surface area contributed by atoms with E-state index in [2.05, 4.69) is 9.10 Å². The van der Waals surface area contributed by atoms with E-state index in [0.29, 0.717) is 17.4 Å². The smallest absolute Gasteiger partial charge is 0.406 e. The van der Waals surface area contributed by atoms with Crippen molar-refractivity contribution in [3.8, 4) is 5.75 Å². The number of benzene rings is 1. The number of hydrogen-bond acceptors (Lipinski definition) is 3. The Morgan fingerprint density at radius 2 is 1.89 bits per heavy atom. The second-order valence-corrected chi connectivity index (χ2v) is 5.43. The van der Waals surface area contributed by atoms with Crippen molar-refractivity contribution < 1.29 is 22.1 Å². The molecule has 100 valence electrons. The SMILES string of the molecule is O=[SH](=N/CC1CC1)/c1ccc(OC(F)(F)F)cc1. The van der Waals surface area contributed by atoms with Crippen molar-refractivity contribution in [1.82, 2.24) is 0 Å². The first-order valence-corrected chi connectivity index (χ1v) is 6.66. The topological polar surface area (TPSA) is 38.7 Å². The van der Waals surface area contributed by atoms with Crippen molar-refractivity contribution in [1.29, 1.82) is 0 Å². The van der Waals surface area contributed by atoms with E-state index in [0.717, 1.165) is 25.0 Å². The standard InChI is InChI=1S/C11H12F3NO2S/c12-11(13,14)17-9-3-5-10(6-4-9)18(16)15-7-8-1-2-8/h3-6,8,18H,1-2,7H2. The molecule has 0 bridgehead atoms. The first-order valence-electron chi connectivity index (χ1n) is 5.44. The Balaban J connectivity index is 2.02. The van der Waals surface area contributed by atoms with Crippen LogP contribution in [0.2, 0.25) is 0 Å². The molecule has 1 aliphatic rings. The van der Waals surface area contributed by atoms with Crippen LogP contribution in [0.15, 0.2) is 33.5 Å². The summed E-state index contributed by atoms with van der Waals surface area (Å²) in [6.45, 7) is 0.565. The maximum Gasteiger partial charge on any atom is 0.573 e. The molecule has 1 saturated carbocycles. The highest BCUT2D eigenvalue weighted by Crippen LogP contribution is 2.29. The molecule has 1 unspecified atom stereocenters. The molecular formula is C11H12F3NO2S. The predicted octanol–water partition coefficient (Wildman–Crippen LogP) is 3.02. The fourth-order valence-electron chi connectivity index (χ4n) is 1.35. The third-order valence-corrected chi connectivity index (χ3v) is 3.62. The lowest BCUT2D eigenvalue weighted by Gasteiger charge is -2.08. The van der Waals surface area contributed by atoms with Gasteiger partial charge in [0.15, 0.2) is 0 Å². The van der Waals surface area contributed by atoms with Gasteiger partial charge in [0.2, 0.25) is 0 Å². The summed E-state index contributed by atoms with van der Waals surface area (Å²) in [5, 5.41) is 0. The molecule has 3 nitrogen and oxygen atoms in total. The lowest BCUT2D eigenvalue weighted by molar-refractivity contribution is -0.274. The van der Waals surface area contributed by atoms with Crippen LogP contribution in [0.25, 0.3) is 0 Å². The Labute approximate surface area is 104 Å². The Morgan fingerprint density at radius 3 is 2.39 bits per heavy atom. The molecule has 0 saturated heterocycles. The van der Waals surface area contributed by atoms with Gasteiger partial charge in [0.1, 0.15) is 5.75 Å². The van der Waals surface area contributed by atoms with E-state index in [1.54, 1.807) is 0 Å². The van der Waals surface area contributed by atoms with Gasteiger partial charge in [0, 0.05) is 4.90 Å². The summed E-state index contributed by atoms with van der Waals surface area (Å²) in [5.41, 5.74) is 0. The number of ether oxygens (including phenoxy) is 1. The Morgan fingerprint density at radius 1 is 1.28 bits per heavy atom. The molecule has 1 atom stereocenters. The van der Waals surface area contributed by atoms with Gasteiger partial charge in [-0.25, -0.2) is 8.57 Å². The highest BCUT2D eigenvalue weighted by atomic mass is 32.2. The average Bonchev–Trinajstić information content (AvgIpc) is 3.08. The third-order valence-electron chi connectivity index (χ3n) is 2.46. The first kappa shape index (κ1) is 13.2. The van der Waals surface area contributed by atoms with E-state index in [4.69, 9.17) is 0 Å². The van der Waals surface area contributed by atoms with Crippen LogP contribution < -0.4 is 4.74 Å². The molecule has 0 N–H and O–H groups in total. The molecule has 0 aliphatic heterocycles. The van der Waals surface area contributed by atoms with Gasteiger partial charge in [0.25, 0.3) is 0 Å². The van der Waals surface area contributed by atoms with Gasteiger partial charge in [-0.05, 0) is 43.0 Å². The van der Waals surface area contributed by atoms with Crippen molar-refractivity contribution in [2.75, 3.05) is 6.54 Å². The van der Waals surface area contributed by atoms with Gasteiger partial charge in [-0.1, -0.05) is 0 Å². The minimum Gasteiger partial charge on any atom is -0.406 e. The van der Waals surface area contributed by atoms with Crippen molar-refractivity contribution in [2.45, 2.75) is 24.1 Å². The van der Waals surface area contributed by atoms with Crippen LogP contribution in [-0.4, -0.2) is 17.1 Å². The van der Waals surface area contributed by atoms with E-state index in [1.807, 2.05) is 0 Å². The average molecular weight is 279 g/mol. The number of rotatable bonds is 4. The summed E-state index contributed by atoms with van der Waals surface area (Å²) < 4.78 is 55.2. The normalized spacial score (nSPS) is 17.7. The second kappa shape index (κ2) is 5.17. The second-order valence-electron chi connectivity index (χ2n) is 4.08. The molecule has 1 aliphatic carbocycles. The van der Waals surface area contributed by atoms with E-state index in [-0.39, 0.29) is 5.75 Å². The molecule has 2 rings (SSSR count). The van der Waals surface area contributed by atoms with Crippen molar-refractivity contribution in [3.63, 3.8) is 0 Å². The van der Waals surface area contributed by atoms with E-state index >= 15 is 0 Å². The first-order chi connectivity index (χ1) is 8.44. The molecule has 0 spiro atoms. The zero-order valence-corrected chi connectivity index (χ0v) is 10.2. The lowest BCUT2D eigenvalue weighted by Crippen LogP contribution is -2.16. The van der Waals surface area contributed by atoms with Gasteiger partial charge in [-0.3, -0.25) is 0 Å². The number of alkyl halides is 3. The minimum atomic E-state index is -4.71. The summed E-state index contributed by atoms with van der Waals surface area (Å²) in [7, 11) is -1.88. The van der Waals surface area contributed by atoms with Crippen LogP contribution in [0.1, 0.15) is 12.8 Å². The van der Waals surface area contributed by atoms with Crippen molar-refractivity contribution in [3.05, 3.63) is 24.3 Å². The molecule has 0 heterocycles. The van der Waals surface area contributed by atoms with Crippen LogP contribution in [0.4, 0.5) is 13.2 Å². The number of thiol groups is 1. The Bertz CT molecular complexity index is 488. The molecule has 0 amide bonds. The van der Waals surface area contributed by atoms with E-state index < -0.39 is 17.0 Å². The minimum absolute atomic E-state index is 0.322. The number of halogens is 3. The largest absolute Gasteiger partial charge is 0.573 e. The van der Waals surface area contributed by atoms with Crippen LogP contribution in [0, 0.1) is 5.92 Å². The quantitative estimate of drug-likeness (QED) is 0.860. The Kier molecular flexibility index (Phi) is 3.79. The monoisotopic (exact) mass is 279 g/mol. The van der Waals surface area contributed by atoms with Crippen molar-refractivity contribution in [2.24, 2.45) is 10.3 Å². The maximum absolute atomic E-state index is 11.9. The van der Waals surface area contributed by atoms with E-state index in [1.165, 1.54) is 12.1 Å². The van der Waals surface area contributed by atoms with Crippen LogP contribution >= 0.6 is 0 Å². The van der Waals surface area contributed by atoms with Crippen LogP contribution in [-0.2, 0) is 10.6 Å². The number of nitrogens with zero attached hydrogens (tertiary/aromatic N) is 1. The zero-order valence-electron chi connectivity index (χ0n) is 9.35. The molecule has 0 aromatic heterocycles. The molecule has 7 heteroatoms. The molecule has 18 heavy (non-hydrogen) atoms. The van der Waals surface area contributed by atoms with Gasteiger partial charge in [0.05, 0.1) is 17.1 Å². The van der Waals surface area contributed by atoms with Gasteiger partial charge < -0.3 is 4.74 Å². The maximum atomic E-state index is 11.9. The molecular weight excluding hydrogens is 267 g/mol. The summed E-state index contributed by atoms with van der Waals surface area (Å²) in [6, 6.07) is 4.97. The summed E-state index contributed by atoms with van der Waals surface area (Å²) >= 11 is 0. The van der Waals surface area contributed by atoms with Gasteiger partial charge in [-0.2, -0.15) is 0 Å². The van der Waals surface area contributed by atoms with E-state index in [9.17, 15) is 17.4 Å². The summed E-state index contributed by atoms with van der Waals surface area (Å²) in [6.07, 6.45) is -2.48. The molecule has 0 radical (unpaired) electrons.